The maximum Gasteiger partial charge on any atom is 0.0390 e. The lowest BCUT2D eigenvalue weighted by Crippen LogP contribution is -2.34. The molecule has 0 amide bonds. The quantitative estimate of drug-likeness (QED) is 0.755. The van der Waals surface area contributed by atoms with E-state index in [0.29, 0.717) is 23.0 Å². The lowest BCUT2D eigenvalue weighted by molar-refractivity contribution is 0.471. The number of rotatable bonds is 4. The van der Waals surface area contributed by atoms with Crippen LogP contribution in [0.1, 0.15) is 52.4 Å². The Hall–Kier alpha value is 0.110. The highest BCUT2D eigenvalue weighted by Crippen LogP contribution is 2.28. The van der Waals surface area contributed by atoms with Gasteiger partial charge in [-0.1, -0.05) is 33.1 Å². The van der Waals surface area contributed by atoms with Crippen LogP contribution in [0.2, 0.25) is 0 Å². The molecular formula is C12H25NOS. The molecule has 0 aromatic carbocycles. The van der Waals surface area contributed by atoms with Crippen molar-refractivity contribution in [2.45, 2.75) is 62.9 Å². The molecule has 1 aliphatic rings. The second kappa shape index (κ2) is 6.64. The molecule has 0 saturated heterocycles. The van der Waals surface area contributed by atoms with E-state index < -0.39 is 10.8 Å². The average Bonchev–Trinajstić information content (AvgIpc) is 2.51. The van der Waals surface area contributed by atoms with E-state index in [-0.39, 0.29) is 0 Å². The normalized spacial score (nSPS) is 31.9. The summed E-state index contributed by atoms with van der Waals surface area (Å²) in [6.07, 6.45) is 7.13. The first kappa shape index (κ1) is 13.2. The highest BCUT2D eigenvalue weighted by Gasteiger charge is 2.29. The summed E-state index contributed by atoms with van der Waals surface area (Å²) in [6, 6.07) is 0. The van der Waals surface area contributed by atoms with E-state index >= 15 is 0 Å². The molecule has 1 fully saturated rings. The molecule has 4 atom stereocenters. The van der Waals surface area contributed by atoms with E-state index in [2.05, 4.69) is 13.8 Å². The minimum Gasteiger partial charge on any atom is -0.330 e. The lowest BCUT2D eigenvalue weighted by atomic mass is 10.0. The van der Waals surface area contributed by atoms with Crippen molar-refractivity contribution in [1.29, 1.82) is 0 Å². The standard InChI is InChI=1S/C12H25NOS/c1-3-10(2)15(14)12-8-6-4-5-7-11(12)9-13/h10-12H,3-9,13H2,1-2H3. The predicted octanol–water partition coefficient (Wildman–Crippen LogP) is 2.44. The third-order valence-corrected chi connectivity index (χ3v) is 6.01. The molecule has 3 heteroatoms. The largest absolute Gasteiger partial charge is 0.330 e. The SMILES string of the molecule is CCC(C)S(=O)C1CCCCCC1CN. The molecule has 0 bridgehead atoms. The van der Waals surface area contributed by atoms with Gasteiger partial charge in [0.15, 0.2) is 0 Å². The summed E-state index contributed by atoms with van der Waals surface area (Å²) < 4.78 is 12.3. The molecule has 0 aliphatic heterocycles. The molecule has 1 saturated carbocycles. The van der Waals surface area contributed by atoms with E-state index in [4.69, 9.17) is 5.73 Å². The molecule has 0 heterocycles. The van der Waals surface area contributed by atoms with Gasteiger partial charge in [0.25, 0.3) is 0 Å². The van der Waals surface area contributed by atoms with Crippen molar-refractivity contribution in [3.8, 4) is 0 Å². The van der Waals surface area contributed by atoms with Crippen molar-refractivity contribution in [1.82, 2.24) is 0 Å². The molecule has 0 radical (unpaired) electrons. The zero-order valence-corrected chi connectivity index (χ0v) is 10.9. The van der Waals surface area contributed by atoms with Crippen LogP contribution in [0.25, 0.3) is 0 Å². The van der Waals surface area contributed by atoms with Crippen LogP contribution < -0.4 is 5.73 Å². The fraction of sp³-hybridized carbons (Fsp3) is 1.00. The molecule has 0 spiro atoms. The summed E-state index contributed by atoms with van der Waals surface area (Å²) in [5.41, 5.74) is 5.81. The van der Waals surface area contributed by atoms with E-state index in [1.165, 1.54) is 25.7 Å². The minimum atomic E-state index is -0.672. The Labute approximate surface area is 96.5 Å². The van der Waals surface area contributed by atoms with Gasteiger partial charge < -0.3 is 5.73 Å². The highest BCUT2D eigenvalue weighted by molar-refractivity contribution is 7.86. The van der Waals surface area contributed by atoms with Crippen molar-refractivity contribution >= 4 is 10.8 Å². The Balaban J connectivity index is 2.65. The Kier molecular flexibility index (Phi) is 5.83. The van der Waals surface area contributed by atoms with Crippen LogP contribution >= 0.6 is 0 Å². The summed E-state index contributed by atoms with van der Waals surface area (Å²) in [5.74, 6) is 0.502. The summed E-state index contributed by atoms with van der Waals surface area (Å²) in [7, 11) is -0.672. The lowest BCUT2D eigenvalue weighted by Gasteiger charge is -2.25. The van der Waals surface area contributed by atoms with E-state index in [1.54, 1.807) is 0 Å². The van der Waals surface area contributed by atoms with Crippen molar-refractivity contribution < 1.29 is 4.21 Å². The molecule has 0 aromatic heterocycles. The van der Waals surface area contributed by atoms with E-state index in [9.17, 15) is 4.21 Å². The van der Waals surface area contributed by atoms with Gasteiger partial charge in [-0.2, -0.15) is 0 Å². The fourth-order valence-corrected chi connectivity index (χ4v) is 4.34. The zero-order chi connectivity index (χ0) is 11.3. The maximum absolute atomic E-state index is 12.3. The van der Waals surface area contributed by atoms with Gasteiger partial charge in [-0.15, -0.1) is 0 Å². The van der Waals surface area contributed by atoms with Crippen molar-refractivity contribution in [3.63, 3.8) is 0 Å². The highest BCUT2D eigenvalue weighted by atomic mass is 32.2. The van der Waals surface area contributed by atoms with Crippen LogP contribution in [0.5, 0.6) is 0 Å². The molecular weight excluding hydrogens is 206 g/mol. The third kappa shape index (κ3) is 3.56. The van der Waals surface area contributed by atoms with Crippen LogP contribution in [-0.2, 0) is 10.8 Å². The second-order valence-corrected chi connectivity index (χ2v) is 6.79. The third-order valence-electron chi connectivity index (χ3n) is 3.66. The van der Waals surface area contributed by atoms with Gasteiger partial charge in [0.05, 0.1) is 0 Å². The van der Waals surface area contributed by atoms with Gasteiger partial charge in [-0.25, -0.2) is 0 Å². The van der Waals surface area contributed by atoms with Gasteiger partial charge in [-0.05, 0) is 31.7 Å². The van der Waals surface area contributed by atoms with Crippen molar-refractivity contribution in [2.75, 3.05) is 6.54 Å². The van der Waals surface area contributed by atoms with Crippen molar-refractivity contribution in [2.24, 2.45) is 11.7 Å². The molecule has 90 valence electrons. The average molecular weight is 231 g/mol. The van der Waals surface area contributed by atoms with Crippen LogP contribution in [0.3, 0.4) is 0 Å². The van der Waals surface area contributed by atoms with Gasteiger partial charge >= 0.3 is 0 Å². The smallest absolute Gasteiger partial charge is 0.0390 e. The summed E-state index contributed by atoms with van der Waals surface area (Å²) in [4.78, 5) is 0. The molecule has 1 rings (SSSR count). The van der Waals surface area contributed by atoms with Crippen LogP contribution in [-0.4, -0.2) is 21.3 Å². The zero-order valence-electron chi connectivity index (χ0n) is 10.1. The van der Waals surface area contributed by atoms with Gasteiger partial charge in [-0.3, -0.25) is 4.21 Å². The summed E-state index contributed by atoms with van der Waals surface area (Å²) in [6.45, 7) is 4.94. The Morgan fingerprint density at radius 1 is 1.33 bits per heavy atom. The molecule has 1 aliphatic carbocycles. The maximum atomic E-state index is 12.3. The number of hydrogen-bond donors (Lipinski definition) is 1. The number of hydrogen-bond acceptors (Lipinski definition) is 2. The van der Waals surface area contributed by atoms with E-state index in [1.807, 2.05) is 0 Å². The molecule has 0 aromatic rings. The second-order valence-electron chi connectivity index (χ2n) is 4.72. The van der Waals surface area contributed by atoms with Crippen LogP contribution in [0.15, 0.2) is 0 Å². The van der Waals surface area contributed by atoms with Gasteiger partial charge in [0, 0.05) is 21.3 Å². The number of nitrogens with two attached hydrogens (primary N) is 1. The Morgan fingerprint density at radius 3 is 2.60 bits per heavy atom. The first-order valence-corrected chi connectivity index (χ1v) is 7.57. The molecule has 2 nitrogen and oxygen atoms in total. The molecule has 15 heavy (non-hydrogen) atoms. The molecule has 4 unspecified atom stereocenters. The minimum absolute atomic E-state index is 0.335. The Morgan fingerprint density at radius 2 is 2.00 bits per heavy atom. The van der Waals surface area contributed by atoms with Crippen LogP contribution in [0, 0.1) is 5.92 Å². The van der Waals surface area contributed by atoms with Crippen molar-refractivity contribution in [3.05, 3.63) is 0 Å². The first-order valence-electron chi connectivity index (χ1n) is 6.30. The predicted molar refractivity (Wildman–Crippen MR) is 67.3 cm³/mol. The topological polar surface area (TPSA) is 43.1 Å². The van der Waals surface area contributed by atoms with Gasteiger partial charge in [0.1, 0.15) is 0 Å². The monoisotopic (exact) mass is 231 g/mol. The van der Waals surface area contributed by atoms with Crippen LogP contribution in [0.4, 0.5) is 0 Å². The van der Waals surface area contributed by atoms with Gasteiger partial charge in [0.2, 0.25) is 0 Å². The summed E-state index contributed by atoms with van der Waals surface area (Å²) >= 11 is 0. The Bertz CT molecular complexity index is 208. The fourth-order valence-electron chi connectivity index (χ4n) is 2.39. The first-order chi connectivity index (χ1) is 7.20. The summed E-state index contributed by atoms with van der Waals surface area (Å²) in [5, 5.41) is 0.703. The molecule has 2 N–H and O–H groups in total. The van der Waals surface area contributed by atoms with E-state index in [0.717, 1.165) is 12.8 Å².